The third-order valence-corrected chi connectivity index (χ3v) is 3.38. The van der Waals surface area contributed by atoms with Gasteiger partial charge in [0, 0.05) is 11.3 Å². The number of ether oxygens (including phenoxy) is 1. The smallest absolute Gasteiger partial charge is 0.255 e. The average molecular weight is 309 g/mol. The van der Waals surface area contributed by atoms with Crippen LogP contribution in [0.3, 0.4) is 0 Å². The maximum Gasteiger partial charge on any atom is 0.255 e. The number of rotatable bonds is 5. The molecule has 1 heterocycles. The van der Waals surface area contributed by atoms with E-state index in [4.69, 9.17) is 4.74 Å². The lowest BCUT2D eigenvalue weighted by atomic mass is 10.2. The molecule has 23 heavy (non-hydrogen) atoms. The molecule has 0 aliphatic carbocycles. The number of nitrogens with one attached hydrogen (secondary N) is 2. The number of nitrogens with zero attached hydrogens (tertiary/aromatic N) is 1. The minimum atomic E-state index is -0.155. The van der Waals surface area contributed by atoms with Gasteiger partial charge in [0.1, 0.15) is 5.75 Å². The zero-order valence-corrected chi connectivity index (χ0v) is 13.2. The van der Waals surface area contributed by atoms with Crippen molar-refractivity contribution in [1.82, 2.24) is 9.97 Å². The SMILES string of the molecule is CC(C)COc1ccc(NC(=O)c2ccc3nc[nH]c3c2)cc1. The van der Waals surface area contributed by atoms with E-state index in [0.29, 0.717) is 18.1 Å². The molecule has 0 saturated heterocycles. The Balaban J connectivity index is 1.67. The summed E-state index contributed by atoms with van der Waals surface area (Å²) in [7, 11) is 0. The number of anilines is 1. The Morgan fingerprint density at radius 1 is 1.22 bits per heavy atom. The summed E-state index contributed by atoms with van der Waals surface area (Å²) in [5.41, 5.74) is 3.00. The van der Waals surface area contributed by atoms with Crippen molar-refractivity contribution in [2.24, 2.45) is 5.92 Å². The number of hydrogen-bond acceptors (Lipinski definition) is 3. The molecule has 2 aromatic carbocycles. The normalized spacial score (nSPS) is 10.9. The van der Waals surface area contributed by atoms with Crippen molar-refractivity contribution in [3.05, 3.63) is 54.4 Å². The van der Waals surface area contributed by atoms with Crippen molar-refractivity contribution in [3.63, 3.8) is 0 Å². The zero-order valence-electron chi connectivity index (χ0n) is 13.2. The Hall–Kier alpha value is -2.82. The lowest BCUT2D eigenvalue weighted by molar-refractivity contribution is 0.102. The van der Waals surface area contributed by atoms with Crippen molar-refractivity contribution >= 4 is 22.6 Å². The highest BCUT2D eigenvalue weighted by Gasteiger charge is 2.08. The van der Waals surface area contributed by atoms with Gasteiger partial charge < -0.3 is 15.0 Å². The van der Waals surface area contributed by atoms with E-state index in [1.165, 1.54) is 0 Å². The molecule has 0 atom stereocenters. The Kier molecular flexibility index (Phi) is 4.28. The van der Waals surface area contributed by atoms with E-state index in [-0.39, 0.29) is 5.91 Å². The molecule has 0 unspecified atom stereocenters. The molecule has 5 nitrogen and oxygen atoms in total. The minimum absolute atomic E-state index is 0.155. The maximum atomic E-state index is 12.3. The summed E-state index contributed by atoms with van der Waals surface area (Å²) in [5, 5.41) is 2.88. The minimum Gasteiger partial charge on any atom is -0.493 e. The number of H-pyrrole nitrogens is 1. The Morgan fingerprint density at radius 3 is 2.74 bits per heavy atom. The maximum absolute atomic E-state index is 12.3. The van der Waals surface area contributed by atoms with Crippen LogP contribution in [0.2, 0.25) is 0 Å². The molecule has 0 fully saturated rings. The first-order chi connectivity index (χ1) is 11.1. The predicted octanol–water partition coefficient (Wildman–Crippen LogP) is 3.85. The lowest BCUT2D eigenvalue weighted by Crippen LogP contribution is -2.11. The lowest BCUT2D eigenvalue weighted by Gasteiger charge is -2.10. The zero-order chi connectivity index (χ0) is 16.2. The standard InChI is InChI=1S/C18H19N3O2/c1-12(2)10-23-15-6-4-14(5-7-15)21-18(22)13-3-8-16-17(9-13)20-11-19-16/h3-9,11-12H,10H2,1-2H3,(H,19,20)(H,21,22). The molecule has 0 spiro atoms. The number of aromatic nitrogens is 2. The van der Waals surface area contributed by atoms with Crippen LogP contribution in [0, 0.1) is 5.92 Å². The summed E-state index contributed by atoms with van der Waals surface area (Å²) in [6, 6.07) is 12.8. The number of amides is 1. The Morgan fingerprint density at radius 2 is 2.00 bits per heavy atom. The fraction of sp³-hybridized carbons (Fsp3) is 0.222. The van der Waals surface area contributed by atoms with Crippen LogP contribution in [0.1, 0.15) is 24.2 Å². The number of imidazole rings is 1. The van der Waals surface area contributed by atoms with Crippen molar-refractivity contribution in [2.75, 3.05) is 11.9 Å². The third kappa shape index (κ3) is 3.69. The number of carbonyl (C=O) groups is 1. The third-order valence-electron chi connectivity index (χ3n) is 3.38. The molecule has 0 aliphatic rings. The highest BCUT2D eigenvalue weighted by atomic mass is 16.5. The molecule has 1 amide bonds. The van der Waals surface area contributed by atoms with E-state index >= 15 is 0 Å². The van der Waals surface area contributed by atoms with Crippen molar-refractivity contribution in [1.29, 1.82) is 0 Å². The molecule has 1 aromatic heterocycles. The fourth-order valence-electron chi connectivity index (χ4n) is 2.18. The van der Waals surface area contributed by atoms with Gasteiger partial charge in [-0.2, -0.15) is 0 Å². The van der Waals surface area contributed by atoms with E-state index < -0.39 is 0 Å². The topological polar surface area (TPSA) is 67.0 Å². The molecule has 2 N–H and O–H groups in total. The summed E-state index contributed by atoms with van der Waals surface area (Å²) < 4.78 is 5.63. The van der Waals surface area contributed by atoms with Gasteiger partial charge in [-0.05, 0) is 48.4 Å². The molecular formula is C18H19N3O2. The average Bonchev–Trinajstić information content (AvgIpc) is 3.01. The Bertz CT molecular complexity index is 807. The number of carbonyl (C=O) groups excluding carboxylic acids is 1. The van der Waals surface area contributed by atoms with Crippen LogP contribution in [0.4, 0.5) is 5.69 Å². The quantitative estimate of drug-likeness (QED) is 0.752. The summed E-state index contributed by atoms with van der Waals surface area (Å²) in [6.07, 6.45) is 1.61. The van der Waals surface area contributed by atoms with Crippen molar-refractivity contribution < 1.29 is 9.53 Å². The first-order valence-corrected chi connectivity index (χ1v) is 7.59. The van der Waals surface area contributed by atoms with Gasteiger partial charge in [0.05, 0.1) is 24.0 Å². The van der Waals surface area contributed by atoms with Crippen molar-refractivity contribution in [2.45, 2.75) is 13.8 Å². The predicted molar refractivity (Wildman–Crippen MR) is 90.8 cm³/mol. The number of benzene rings is 2. The van der Waals surface area contributed by atoms with Gasteiger partial charge in [-0.15, -0.1) is 0 Å². The summed E-state index contributed by atoms with van der Waals surface area (Å²) in [6.45, 7) is 4.88. The van der Waals surface area contributed by atoms with Crippen LogP contribution >= 0.6 is 0 Å². The number of hydrogen-bond donors (Lipinski definition) is 2. The second kappa shape index (κ2) is 6.52. The summed E-state index contributed by atoms with van der Waals surface area (Å²) >= 11 is 0. The van der Waals surface area contributed by atoms with Crippen LogP contribution in [0.25, 0.3) is 11.0 Å². The van der Waals surface area contributed by atoms with Gasteiger partial charge in [0.25, 0.3) is 5.91 Å². The first-order valence-electron chi connectivity index (χ1n) is 7.59. The molecule has 0 aliphatic heterocycles. The molecule has 0 saturated carbocycles. The molecule has 5 heteroatoms. The van der Waals surface area contributed by atoms with Crippen LogP contribution in [0.5, 0.6) is 5.75 Å². The van der Waals surface area contributed by atoms with Gasteiger partial charge in [-0.3, -0.25) is 4.79 Å². The number of aromatic amines is 1. The van der Waals surface area contributed by atoms with E-state index in [0.717, 1.165) is 22.5 Å². The van der Waals surface area contributed by atoms with E-state index in [2.05, 4.69) is 29.1 Å². The van der Waals surface area contributed by atoms with Gasteiger partial charge in [0.15, 0.2) is 0 Å². The second-order valence-corrected chi connectivity index (χ2v) is 5.82. The molecule has 3 aromatic rings. The van der Waals surface area contributed by atoms with E-state index in [1.807, 2.05) is 30.3 Å². The number of fused-ring (bicyclic) bond motifs is 1. The monoisotopic (exact) mass is 309 g/mol. The van der Waals surface area contributed by atoms with Crippen molar-refractivity contribution in [3.8, 4) is 5.75 Å². The van der Waals surface area contributed by atoms with Crippen LogP contribution in [-0.2, 0) is 0 Å². The fourth-order valence-corrected chi connectivity index (χ4v) is 2.18. The second-order valence-electron chi connectivity index (χ2n) is 5.82. The van der Waals surface area contributed by atoms with Crippen LogP contribution in [-0.4, -0.2) is 22.5 Å². The van der Waals surface area contributed by atoms with Gasteiger partial charge in [-0.1, -0.05) is 13.8 Å². The largest absolute Gasteiger partial charge is 0.493 e. The Labute approximate surface area is 134 Å². The first kappa shape index (κ1) is 15.1. The van der Waals surface area contributed by atoms with Gasteiger partial charge >= 0.3 is 0 Å². The van der Waals surface area contributed by atoms with E-state index in [1.54, 1.807) is 18.5 Å². The van der Waals surface area contributed by atoms with Crippen LogP contribution < -0.4 is 10.1 Å². The highest BCUT2D eigenvalue weighted by Crippen LogP contribution is 2.18. The van der Waals surface area contributed by atoms with E-state index in [9.17, 15) is 4.79 Å². The summed E-state index contributed by atoms with van der Waals surface area (Å²) in [5.74, 6) is 1.12. The molecule has 3 rings (SSSR count). The molecule has 0 radical (unpaired) electrons. The summed E-state index contributed by atoms with van der Waals surface area (Å²) in [4.78, 5) is 19.4. The molecule has 0 bridgehead atoms. The van der Waals surface area contributed by atoms with Gasteiger partial charge in [0.2, 0.25) is 0 Å². The molecular weight excluding hydrogens is 290 g/mol. The molecule has 118 valence electrons. The van der Waals surface area contributed by atoms with Gasteiger partial charge in [-0.25, -0.2) is 4.98 Å². The highest BCUT2D eigenvalue weighted by molar-refractivity contribution is 6.05. The van der Waals surface area contributed by atoms with Crippen LogP contribution in [0.15, 0.2) is 48.8 Å².